The molecule has 1 aliphatic rings. The van der Waals surface area contributed by atoms with Crippen LogP contribution >= 0.6 is 0 Å². The van der Waals surface area contributed by atoms with E-state index in [1.54, 1.807) is 0 Å². The van der Waals surface area contributed by atoms with E-state index in [9.17, 15) is 9.59 Å². The minimum atomic E-state index is -2.05. The van der Waals surface area contributed by atoms with Crippen LogP contribution in [0.5, 0.6) is 0 Å². The van der Waals surface area contributed by atoms with E-state index in [4.69, 9.17) is 14.0 Å². The van der Waals surface area contributed by atoms with Gasteiger partial charge in [0, 0.05) is 24.7 Å². The number of rotatable bonds is 16. The summed E-state index contributed by atoms with van der Waals surface area (Å²) in [6.45, 7) is 24.9. The normalized spacial score (nSPS) is 22.3. The maximum absolute atomic E-state index is 13.4. The van der Waals surface area contributed by atoms with E-state index in [1.807, 2.05) is 0 Å². The molecule has 0 aromatic rings. The van der Waals surface area contributed by atoms with E-state index < -0.39 is 22.6 Å². The average molecular weight is 581 g/mol. The van der Waals surface area contributed by atoms with Crippen LogP contribution in [0, 0.1) is 11.8 Å². The second-order valence-corrected chi connectivity index (χ2v) is 24.1. The summed E-state index contributed by atoms with van der Waals surface area (Å²) in [5.74, 6) is -0.590. The van der Waals surface area contributed by atoms with Gasteiger partial charge in [-0.3, -0.25) is 9.59 Å². The highest BCUT2D eigenvalue weighted by Crippen LogP contribution is 2.43. The van der Waals surface area contributed by atoms with Crippen molar-refractivity contribution in [2.45, 2.75) is 155 Å². The number of hydrogen-bond donors (Lipinski definition) is 1. The largest absolute Gasteiger partial charge is 0.481 e. The second kappa shape index (κ2) is 15.3. The molecule has 0 unspecified atom stereocenters. The molecule has 0 saturated heterocycles. The third-order valence-electron chi connectivity index (χ3n) is 9.18. The predicted molar refractivity (Wildman–Crippen MR) is 169 cm³/mol. The molecular formula is C32H60O5Si2. The zero-order chi connectivity index (χ0) is 30.1. The van der Waals surface area contributed by atoms with E-state index in [0.29, 0.717) is 12.8 Å². The molecule has 5 nitrogen and oxygen atoms in total. The molecule has 0 bridgehead atoms. The molecule has 0 aromatic carbocycles. The molecule has 4 atom stereocenters. The number of hydrogen-bond acceptors (Lipinski definition) is 4. The van der Waals surface area contributed by atoms with Crippen LogP contribution in [-0.4, -0.2) is 45.7 Å². The molecule has 0 heterocycles. The van der Waals surface area contributed by atoms with Gasteiger partial charge in [-0.05, 0) is 61.9 Å². The fourth-order valence-electron chi connectivity index (χ4n) is 4.52. The van der Waals surface area contributed by atoms with Crippen molar-refractivity contribution in [3.8, 4) is 0 Å². The number of aliphatic carboxylic acids is 1. The molecule has 226 valence electrons. The van der Waals surface area contributed by atoms with Gasteiger partial charge in [0.25, 0.3) is 0 Å². The van der Waals surface area contributed by atoms with Gasteiger partial charge >= 0.3 is 5.97 Å². The fourth-order valence-corrected chi connectivity index (χ4v) is 7.20. The zero-order valence-electron chi connectivity index (χ0n) is 27.1. The van der Waals surface area contributed by atoms with Crippen LogP contribution in [0.25, 0.3) is 0 Å². The molecule has 1 rings (SSSR count). The Morgan fingerprint density at radius 2 is 1.62 bits per heavy atom. The number of carbonyl (C=O) groups excluding carboxylic acids is 1. The lowest BCUT2D eigenvalue weighted by Gasteiger charge is -2.40. The number of unbranched alkanes of at least 4 members (excludes halogenated alkanes) is 3. The van der Waals surface area contributed by atoms with Crippen molar-refractivity contribution in [1.29, 1.82) is 0 Å². The van der Waals surface area contributed by atoms with Gasteiger partial charge in [0.1, 0.15) is 5.78 Å². The van der Waals surface area contributed by atoms with Crippen molar-refractivity contribution in [2.75, 3.05) is 0 Å². The van der Waals surface area contributed by atoms with Gasteiger partial charge in [-0.2, -0.15) is 0 Å². The van der Waals surface area contributed by atoms with Crippen LogP contribution in [-0.2, 0) is 18.4 Å². The van der Waals surface area contributed by atoms with Crippen LogP contribution in [0.3, 0.4) is 0 Å². The topological polar surface area (TPSA) is 72.8 Å². The number of carboxylic acids is 1. The van der Waals surface area contributed by atoms with Crippen LogP contribution in [0.4, 0.5) is 0 Å². The van der Waals surface area contributed by atoms with Crippen LogP contribution in [0.2, 0.25) is 36.3 Å². The first-order chi connectivity index (χ1) is 17.8. The third kappa shape index (κ3) is 11.8. The maximum atomic E-state index is 13.4. The van der Waals surface area contributed by atoms with Crippen LogP contribution in [0.15, 0.2) is 24.3 Å². The first kappa shape index (κ1) is 36.0. The van der Waals surface area contributed by atoms with Gasteiger partial charge in [-0.25, -0.2) is 0 Å². The molecule has 0 spiro atoms. The Labute approximate surface area is 242 Å². The van der Waals surface area contributed by atoms with Gasteiger partial charge in [0.15, 0.2) is 16.6 Å². The molecule has 0 radical (unpaired) electrons. The average Bonchev–Trinajstić information content (AvgIpc) is 3.05. The van der Waals surface area contributed by atoms with Crippen molar-refractivity contribution in [3.63, 3.8) is 0 Å². The standard InChI is InChI=1S/C32H60O5Si2/c1-12-13-16-19-25(36-38(8,9)31(2,3)4)22-23-26-27(20-17-14-15-18-21-30(34)35)29(24-28(26)33)37-39(10,11)32(5,6)7/h14,17,22-23,25-27,29H,12-13,15-16,18-21,24H2,1-11H3,(H,34,35)/b17-14-,23-22+/t25-,26+,27-,29-/m0/s1. The monoisotopic (exact) mass is 580 g/mol. The minimum absolute atomic E-state index is 0.0258. The van der Waals surface area contributed by atoms with Crippen molar-refractivity contribution >= 4 is 28.4 Å². The molecule has 7 heteroatoms. The lowest BCUT2D eigenvalue weighted by Crippen LogP contribution is -2.45. The van der Waals surface area contributed by atoms with Gasteiger partial charge < -0.3 is 14.0 Å². The van der Waals surface area contributed by atoms with E-state index >= 15 is 0 Å². The lowest BCUT2D eigenvalue weighted by atomic mass is 9.90. The van der Waals surface area contributed by atoms with Crippen molar-refractivity contribution in [1.82, 2.24) is 0 Å². The molecule has 0 aromatic heterocycles. The number of ketones is 1. The Kier molecular flexibility index (Phi) is 14.1. The van der Waals surface area contributed by atoms with Crippen LogP contribution < -0.4 is 0 Å². The van der Waals surface area contributed by atoms with Crippen molar-refractivity contribution in [3.05, 3.63) is 24.3 Å². The number of allylic oxidation sites excluding steroid dienone is 3. The van der Waals surface area contributed by atoms with Gasteiger partial charge in [0.05, 0.1) is 12.2 Å². The highest BCUT2D eigenvalue weighted by atomic mass is 28.4. The summed E-state index contributed by atoms with van der Waals surface area (Å²) in [6, 6.07) is 0. The summed E-state index contributed by atoms with van der Waals surface area (Å²) in [6.07, 6.45) is 15.7. The van der Waals surface area contributed by atoms with Gasteiger partial charge in [0.2, 0.25) is 0 Å². The Bertz CT molecular complexity index is 832. The predicted octanol–water partition coefficient (Wildman–Crippen LogP) is 9.31. The highest BCUT2D eigenvalue weighted by Gasteiger charge is 2.47. The maximum Gasteiger partial charge on any atom is 0.303 e. The molecular weight excluding hydrogens is 521 g/mol. The van der Waals surface area contributed by atoms with E-state index in [2.05, 4.69) is 99.0 Å². The molecule has 1 N–H and O–H groups in total. The first-order valence-corrected chi connectivity index (χ1v) is 21.1. The number of carbonyl (C=O) groups is 2. The second-order valence-electron chi connectivity index (χ2n) is 14.6. The summed E-state index contributed by atoms with van der Waals surface area (Å²) >= 11 is 0. The summed E-state index contributed by atoms with van der Waals surface area (Å²) in [5, 5.41) is 9.11. The van der Waals surface area contributed by atoms with E-state index in [1.165, 1.54) is 12.8 Å². The third-order valence-corrected chi connectivity index (χ3v) is 18.2. The first-order valence-electron chi connectivity index (χ1n) is 15.3. The van der Waals surface area contributed by atoms with E-state index in [0.717, 1.165) is 25.7 Å². The number of carboxylic acid groups (broad SMARTS) is 1. The van der Waals surface area contributed by atoms with E-state index in [-0.39, 0.29) is 46.3 Å². The van der Waals surface area contributed by atoms with Crippen molar-refractivity contribution in [2.24, 2.45) is 11.8 Å². The molecule has 0 aliphatic heterocycles. The number of Topliss-reactive ketones (excluding diaryl/α,β-unsaturated/α-hetero) is 1. The minimum Gasteiger partial charge on any atom is -0.481 e. The highest BCUT2D eigenvalue weighted by molar-refractivity contribution is 6.74. The van der Waals surface area contributed by atoms with Gasteiger partial charge in [-0.1, -0.05) is 92.0 Å². The fraction of sp³-hybridized carbons (Fsp3) is 0.812. The summed E-state index contributed by atoms with van der Waals surface area (Å²) in [5.41, 5.74) is 0. The lowest BCUT2D eigenvalue weighted by molar-refractivity contribution is -0.137. The Balaban J connectivity index is 3.20. The summed E-state index contributed by atoms with van der Waals surface area (Å²) < 4.78 is 13.7. The zero-order valence-corrected chi connectivity index (χ0v) is 29.1. The Morgan fingerprint density at radius 3 is 2.15 bits per heavy atom. The Morgan fingerprint density at radius 1 is 1.00 bits per heavy atom. The molecule has 39 heavy (non-hydrogen) atoms. The molecule has 1 aliphatic carbocycles. The quantitative estimate of drug-likeness (QED) is 0.112. The smallest absolute Gasteiger partial charge is 0.303 e. The Hall–Kier alpha value is -1.03. The molecule has 0 amide bonds. The van der Waals surface area contributed by atoms with Crippen LogP contribution in [0.1, 0.15) is 106 Å². The van der Waals surface area contributed by atoms with Crippen molar-refractivity contribution < 1.29 is 23.5 Å². The van der Waals surface area contributed by atoms with Gasteiger partial charge in [-0.15, -0.1) is 0 Å². The summed E-state index contributed by atoms with van der Waals surface area (Å²) in [4.78, 5) is 24.3. The summed E-state index contributed by atoms with van der Waals surface area (Å²) in [7, 11) is -4.00. The molecule has 1 saturated carbocycles. The molecule has 1 fully saturated rings. The SMILES string of the molecule is CCCCC[C@@H](/C=C/[C@H]1C(=O)C[C@H](O[Si](C)(C)C(C)(C)C)[C@H]1C/C=C\CCCC(=O)O)O[Si](C)(C)C(C)(C)C.